The number of sulfonamides is 1. The number of carbonyl (C=O) groups is 1. The first-order valence-electron chi connectivity index (χ1n) is 5.85. The Bertz CT molecular complexity index is 770. The smallest absolute Gasteiger partial charge is 0.336 e. The molecule has 0 aliphatic rings. The summed E-state index contributed by atoms with van der Waals surface area (Å²) in [5.74, 6) is -1.22. The minimum absolute atomic E-state index is 0.0638. The fourth-order valence-electron chi connectivity index (χ4n) is 1.80. The molecule has 0 aliphatic carbocycles. The Balaban J connectivity index is 2.37. The van der Waals surface area contributed by atoms with Crippen LogP contribution in [0.2, 0.25) is 5.02 Å². The van der Waals surface area contributed by atoms with E-state index < -0.39 is 16.0 Å². The molecular formula is C13H12ClNO4S2. The fourth-order valence-corrected chi connectivity index (χ4v) is 4.06. The SMILES string of the molecule is Cc1c(C(=O)O)cc(Cl)cc1S(=O)(=O)NCc1ccsc1. The molecule has 2 rings (SSSR count). The zero-order chi connectivity index (χ0) is 15.6. The predicted octanol–water partition coefficient (Wildman–Crippen LogP) is 2.89. The molecule has 2 N–H and O–H groups in total. The molecule has 0 saturated heterocycles. The number of nitrogens with one attached hydrogen (secondary N) is 1. The number of carboxylic acid groups (broad SMARTS) is 1. The van der Waals surface area contributed by atoms with Crippen molar-refractivity contribution < 1.29 is 18.3 Å². The molecule has 1 aromatic carbocycles. The third kappa shape index (κ3) is 3.62. The van der Waals surface area contributed by atoms with Crippen LogP contribution in [0.5, 0.6) is 0 Å². The van der Waals surface area contributed by atoms with Crippen molar-refractivity contribution in [2.45, 2.75) is 18.4 Å². The summed E-state index contributed by atoms with van der Waals surface area (Å²) in [4.78, 5) is 11.0. The number of thiophene rings is 1. The highest BCUT2D eigenvalue weighted by atomic mass is 35.5. The van der Waals surface area contributed by atoms with Crippen LogP contribution >= 0.6 is 22.9 Å². The van der Waals surface area contributed by atoms with Crippen molar-refractivity contribution in [1.29, 1.82) is 0 Å². The summed E-state index contributed by atoms with van der Waals surface area (Å²) in [5.41, 5.74) is 0.866. The van der Waals surface area contributed by atoms with Crippen LogP contribution in [0.1, 0.15) is 21.5 Å². The van der Waals surface area contributed by atoms with Crippen LogP contribution < -0.4 is 4.72 Å². The van der Waals surface area contributed by atoms with Gasteiger partial charge in [-0.3, -0.25) is 0 Å². The Hall–Kier alpha value is -1.41. The van der Waals surface area contributed by atoms with Crippen LogP contribution in [0.25, 0.3) is 0 Å². The predicted molar refractivity (Wildman–Crippen MR) is 81.5 cm³/mol. The van der Waals surface area contributed by atoms with E-state index in [1.165, 1.54) is 30.4 Å². The monoisotopic (exact) mass is 345 g/mol. The summed E-state index contributed by atoms with van der Waals surface area (Å²) in [6, 6.07) is 4.29. The molecule has 0 aliphatic heterocycles. The van der Waals surface area contributed by atoms with Crippen LogP contribution in [-0.4, -0.2) is 19.5 Å². The number of hydrogen-bond donors (Lipinski definition) is 2. The lowest BCUT2D eigenvalue weighted by atomic mass is 10.1. The highest BCUT2D eigenvalue weighted by molar-refractivity contribution is 7.89. The molecule has 0 spiro atoms. The van der Waals surface area contributed by atoms with Gasteiger partial charge in [0, 0.05) is 11.6 Å². The first-order chi connectivity index (χ1) is 9.81. The van der Waals surface area contributed by atoms with Gasteiger partial charge in [0.2, 0.25) is 10.0 Å². The second kappa shape index (κ2) is 6.15. The van der Waals surface area contributed by atoms with Gasteiger partial charge >= 0.3 is 5.97 Å². The Morgan fingerprint density at radius 2 is 2.14 bits per heavy atom. The van der Waals surface area contributed by atoms with Crippen LogP contribution in [0, 0.1) is 6.92 Å². The van der Waals surface area contributed by atoms with Crippen molar-refractivity contribution in [3.8, 4) is 0 Å². The fraction of sp³-hybridized carbons (Fsp3) is 0.154. The number of benzene rings is 1. The van der Waals surface area contributed by atoms with Crippen molar-refractivity contribution >= 4 is 38.9 Å². The Kier molecular flexibility index (Phi) is 4.67. The highest BCUT2D eigenvalue weighted by Gasteiger charge is 2.22. The molecule has 0 unspecified atom stereocenters. The average molecular weight is 346 g/mol. The zero-order valence-corrected chi connectivity index (χ0v) is 13.3. The van der Waals surface area contributed by atoms with E-state index in [0.29, 0.717) is 0 Å². The summed E-state index contributed by atoms with van der Waals surface area (Å²) in [7, 11) is -3.84. The van der Waals surface area contributed by atoms with Gasteiger partial charge in [-0.15, -0.1) is 0 Å². The van der Waals surface area contributed by atoms with Crippen LogP contribution in [0.3, 0.4) is 0 Å². The van der Waals surface area contributed by atoms with Crippen molar-refractivity contribution in [3.63, 3.8) is 0 Å². The van der Waals surface area contributed by atoms with Gasteiger partial charge in [0.1, 0.15) is 0 Å². The lowest BCUT2D eigenvalue weighted by molar-refractivity contribution is 0.0696. The summed E-state index contributed by atoms with van der Waals surface area (Å²) >= 11 is 7.28. The van der Waals surface area contributed by atoms with Gasteiger partial charge in [-0.25, -0.2) is 17.9 Å². The third-order valence-corrected chi connectivity index (χ3v) is 5.37. The van der Waals surface area contributed by atoms with Gasteiger partial charge in [-0.05, 0) is 47.0 Å². The normalized spacial score (nSPS) is 11.5. The van der Waals surface area contributed by atoms with Gasteiger partial charge in [0.15, 0.2) is 0 Å². The molecule has 0 atom stereocenters. The van der Waals surface area contributed by atoms with E-state index in [4.69, 9.17) is 16.7 Å². The molecule has 8 heteroatoms. The van der Waals surface area contributed by atoms with E-state index in [1.807, 2.05) is 10.8 Å². The standard InChI is InChI=1S/C13H12ClNO4S2/c1-8-11(13(16)17)4-10(14)5-12(8)21(18,19)15-6-9-2-3-20-7-9/h2-5,7,15H,6H2,1H3,(H,16,17). The minimum atomic E-state index is -3.84. The second-order valence-electron chi connectivity index (χ2n) is 4.34. The summed E-state index contributed by atoms with van der Waals surface area (Å²) < 4.78 is 27.1. The topological polar surface area (TPSA) is 83.5 Å². The second-order valence-corrected chi connectivity index (χ2v) is 7.29. The van der Waals surface area contributed by atoms with Crippen molar-refractivity contribution in [3.05, 3.63) is 50.7 Å². The maximum Gasteiger partial charge on any atom is 0.336 e. The molecule has 1 heterocycles. The summed E-state index contributed by atoms with van der Waals surface area (Å²) in [6.07, 6.45) is 0. The first-order valence-corrected chi connectivity index (χ1v) is 8.66. The molecule has 0 bridgehead atoms. The summed E-state index contributed by atoms with van der Waals surface area (Å²) in [5, 5.41) is 12.8. The lowest BCUT2D eigenvalue weighted by Gasteiger charge is -2.11. The van der Waals surface area contributed by atoms with Gasteiger partial charge in [-0.2, -0.15) is 11.3 Å². The van der Waals surface area contributed by atoms with E-state index in [9.17, 15) is 13.2 Å². The highest BCUT2D eigenvalue weighted by Crippen LogP contribution is 2.24. The molecule has 5 nitrogen and oxygen atoms in total. The number of carboxylic acids is 1. The van der Waals surface area contributed by atoms with Crippen molar-refractivity contribution in [1.82, 2.24) is 4.72 Å². The average Bonchev–Trinajstić information content (AvgIpc) is 2.91. The van der Waals surface area contributed by atoms with Crippen molar-refractivity contribution in [2.75, 3.05) is 0 Å². The van der Waals surface area contributed by atoms with E-state index >= 15 is 0 Å². The first kappa shape index (κ1) is 16.0. The lowest BCUT2D eigenvalue weighted by Crippen LogP contribution is -2.24. The molecule has 1 aromatic heterocycles. The maximum absolute atomic E-state index is 12.3. The molecule has 0 fully saturated rings. The maximum atomic E-state index is 12.3. The summed E-state index contributed by atoms with van der Waals surface area (Å²) in [6.45, 7) is 1.58. The van der Waals surface area contributed by atoms with Crippen LogP contribution in [0.4, 0.5) is 0 Å². The number of halogens is 1. The number of rotatable bonds is 5. The van der Waals surface area contributed by atoms with Crippen LogP contribution in [-0.2, 0) is 16.6 Å². The van der Waals surface area contributed by atoms with Gasteiger partial charge < -0.3 is 5.11 Å². The number of aromatic carboxylic acids is 1. The number of hydrogen-bond acceptors (Lipinski definition) is 4. The third-order valence-electron chi connectivity index (χ3n) is 2.89. The molecular weight excluding hydrogens is 334 g/mol. The van der Waals surface area contributed by atoms with E-state index in [1.54, 1.807) is 6.07 Å². The largest absolute Gasteiger partial charge is 0.478 e. The molecule has 0 saturated carbocycles. The van der Waals surface area contributed by atoms with Crippen LogP contribution in [0.15, 0.2) is 33.9 Å². The molecule has 21 heavy (non-hydrogen) atoms. The van der Waals surface area contributed by atoms with E-state index in [2.05, 4.69) is 4.72 Å². The Morgan fingerprint density at radius 1 is 1.43 bits per heavy atom. The molecule has 0 radical (unpaired) electrons. The van der Waals surface area contributed by atoms with Gasteiger partial charge in [0.05, 0.1) is 10.5 Å². The van der Waals surface area contributed by atoms with Gasteiger partial charge in [0.25, 0.3) is 0 Å². The Labute approximate surface area is 131 Å². The molecule has 112 valence electrons. The minimum Gasteiger partial charge on any atom is -0.478 e. The van der Waals surface area contributed by atoms with Crippen molar-refractivity contribution in [2.24, 2.45) is 0 Å². The Morgan fingerprint density at radius 3 is 2.71 bits per heavy atom. The van der Waals surface area contributed by atoms with E-state index in [0.717, 1.165) is 5.56 Å². The van der Waals surface area contributed by atoms with E-state index in [-0.39, 0.29) is 27.6 Å². The molecule has 0 amide bonds. The quantitative estimate of drug-likeness (QED) is 0.872. The zero-order valence-electron chi connectivity index (χ0n) is 11.0. The molecule has 2 aromatic rings. The van der Waals surface area contributed by atoms with Gasteiger partial charge in [-0.1, -0.05) is 11.6 Å².